The Balaban J connectivity index is 1.92. The highest BCUT2D eigenvalue weighted by Gasteiger charge is 2.33. The summed E-state index contributed by atoms with van der Waals surface area (Å²) in [7, 11) is -3.95. The number of nitrogens with zero attached hydrogens (tertiary/aromatic N) is 1. The van der Waals surface area contributed by atoms with E-state index < -0.39 is 27.8 Å². The van der Waals surface area contributed by atoms with Crippen molar-refractivity contribution in [1.29, 1.82) is 0 Å². The number of benzene rings is 3. The summed E-state index contributed by atoms with van der Waals surface area (Å²) >= 11 is 0. The minimum Gasteiger partial charge on any atom is -0.455 e. The number of sulfonamides is 1. The van der Waals surface area contributed by atoms with Gasteiger partial charge in [-0.1, -0.05) is 49.4 Å². The summed E-state index contributed by atoms with van der Waals surface area (Å²) in [4.78, 5) is 13.1. The van der Waals surface area contributed by atoms with Crippen molar-refractivity contribution in [2.75, 3.05) is 15.9 Å². The Kier molecular flexibility index (Phi) is 6.91. The van der Waals surface area contributed by atoms with Crippen molar-refractivity contribution in [3.05, 3.63) is 84.7 Å². The zero-order chi connectivity index (χ0) is 22.4. The molecule has 0 radical (unpaired) electrons. The van der Waals surface area contributed by atoms with Gasteiger partial charge in [0, 0.05) is 0 Å². The second kappa shape index (κ2) is 9.61. The second-order valence-electron chi connectivity index (χ2n) is 6.83. The van der Waals surface area contributed by atoms with Crippen molar-refractivity contribution in [1.82, 2.24) is 0 Å². The first-order valence-electron chi connectivity index (χ1n) is 9.68. The van der Waals surface area contributed by atoms with Crippen molar-refractivity contribution < 1.29 is 22.3 Å². The average molecular weight is 443 g/mol. The quantitative estimate of drug-likeness (QED) is 0.544. The zero-order valence-corrected chi connectivity index (χ0v) is 18.0. The summed E-state index contributed by atoms with van der Waals surface area (Å²) in [6.07, 6.45) is 1.08. The van der Waals surface area contributed by atoms with E-state index in [-0.39, 0.29) is 12.1 Å². The third-order valence-corrected chi connectivity index (χ3v) is 5.70. The standard InChI is InChI=1S/C23H23FN2O4S/c1-3-20(26(31(2,28)29)21-15-9-7-13-18(21)24)23(27)25-19-14-8-10-16-22(19)30-17-11-5-4-6-12-17/h4-16,20H,3H2,1-2H3,(H,25,27). The molecule has 31 heavy (non-hydrogen) atoms. The van der Waals surface area contributed by atoms with Gasteiger partial charge in [-0.25, -0.2) is 12.8 Å². The Morgan fingerprint density at radius 1 is 1.00 bits per heavy atom. The lowest BCUT2D eigenvalue weighted by Crippen LogP contribution is -2.47. The molecule has 1 amide bonds. The van der Waals surface area contributed by atoms with E-state index in [2.05, 4.69) is 5.32 Å². The molecule has 162 valence electrons. The van der Waals surface area contributed by atoms with Crippen LogP contribution in [-0.2, 0) is 14.8 Å². The molecular weight excluding hydrogens is 419 g/mol. The van der Waals surface area contributed by atoms with Crippen LogP contribution in [0.25, 0.3) is 0 Å². The van der Waals surface area contributed by atoms with Gasteiger partial charge in [0.15, 0.2) is 5.75 Å². The van der Waals surface area contributed by atoms with Crippen LogP contribution in [0, 0.1) is 5.82 Å². The van der Waals surface area contributed by atoms with E-state index in [9.17, 15) is 17.6 Å². The fourth-order valence-electron chi connectivity index (χ4n) is 3.16. The number of carbonyl (C=O) groups is 1. The van der Waals surface area contributed by atoms with Crippen LogP contribution in [0.15, 0.2) is 78.9 Å². The van der Waals surface area contributed by atoms with Gasteiger partial charge in [-0.3, -0.25) is 9.10 Å². The molecule has 3 aromatic carbocycles. The molecule has 3 rings (SSSR count). The molecule has 0 saturated heterocycles. The molecule has 1 N–H and O–H groups in total. The highest BCUT2D eigenvalue weighted by Crippen LogP contribution is 2.31. The van der Waals surface area contributed by atoms with Crippen molar-refractivity contribution in [3.63, 3.8) is 0 Å². The number of carbonyl (C=O) groups excluding carboxylic acids is 1. The van der Waals surface area contributed by atoms with Crippen LogP contribution in [0.3, 0.4) is 0 Å². The predicted octanol–water partition coefficient (Wildman–Crippen LogP) is 4.80. The maximum Gasteiger partial charge on any atom is 0.248 e. The fourth-order valence-corrected chi connectivity index (χ4v) is 4.37. The van der Waals surface area contributed by atoms with Crippen molar-refractivity contribution in [2.45, 2.75) is 19.4 Å². The van der Waals surface area contributed by atoms with Crippen molar-refractivity contribution >= 4 is 27.3 Å². The van der Waals surface area contributed by atoms with Gasteiger partial charge >= 0.3 is 0 Å². The maximum absolute atomic E-state index is 14.4. The Morgan fingerprint density at radius 2 is 1.61 bits per heavy atom. The molecule has 3 aromatic rings. The molecule has 1 unspecified atom stereocenters. The van der Waals surface area contributed by atoms with Crippen LogP contribution < -0.4 is 14.4 Å². The van der Waals surface area contributed by atoms with Crippen molar-refractivity contribution in [3.8, 4) is 11.5 Å². The van der Waals surface area contributed by atoms with E-state index in [1.165, 1.54) is 18.2 Å². The third-order valence-electron chi connectivity index (χ3n) is 4.54. The van der Waals surface area contributed by atoms with Crippen LogP contribution >= 0.6 is 0 Å². The summed E-state index contributed by atoms with van der Waals surface area (Å²) < 4.78 is 46.1. The minimum absolute atomic E-state index is 0.134. The van der Waals surface area contributed by atoms with Gasteiger partial charge in [0.1, 0.15) is 17.6 Å². The van der Waals surface area contributed by atoms with E-state index in [1.54, 1.807) is 43.3 Å². The van der Waals surface area contributed by atoms with Crippen LogP contribution in [0.5, 0.6) is 11.5 Å². The molecule has 0 aliphatic heterocycles. The van der Waals surface area contributed by atoms with Crippen LogP contribution in [0.1, 0.15) is 13.3 Å². The first-order valence-corrected chi connectivity index (χ1v) is 11.5. The lowest BCUT2D eigenvalue weighted by atomic mass is 10.1. The van der Waals surface area contributed by atoms with Gasteiger partial charge < -0.3 is 10.1 Å². The minimum atomic E-state index is -3.95. The molecule has 0 saturated carbocycles. The van der Waals surface area contributed by atoms with E-state index in [0.29, 0.717) is 17.2 Å². The van der Waals surface area contributed by atoms with Crippen LogP contribution in [0.4, 0.5) is 15.8 Å². The highest BCUT2D eigenvalue weighted by molar-refractivity contribution is 7.92. The summed E-state index contributed by atoms with van der Waals surface area (Å²) in [6.45, 7) is 1.66. The van der Waals surface area contributed by atoms with Crippen LogP contribution in [-0.4, -0.2) is 26.6 Å². The molecule has 0 spiro atoms. The molecule has 0 aliphatic rings. The summed E-state index contributed by atoms with van der Waals surface area (Å²) in [5.41, 5.74) is 0.192. The van der Waals surface area contributed by atoms with Gasteiger partial charge in [0.2, 0.25) is 15.9 Å². The molecular formula is C23H23FN2O4S. The zero-order valence-electron chi connectivity index (χ0n) is 17.2. The number of nitrogens with one attached hydrogen (secondary N) is 1. The molecule has 6 nitrogen and oxygen atoms in total. The summed E-state index contributed by atoms with van der Waals surface area (Å²) in [6, 6.07) is 20.2. The van der Waals surface area contributed by atoms with Gasteiger partial charge in [0.05, 0.1) is 17.6 Å². The number of hydrogen-bond donors (Lipinski definition) is 1. The molecule has 0 fully saturated rings. The smallest absolute Gasteiger partial charge is 0.248 e. The predicted molar refractivity (Wildman–Crippen MR) is 119 cm³/mol. The Bertz CT molecular complexity index is 1150. The lowest BCUT2D eigenvalue weighted by Gasteiger charge is -2.30. The first-order chi connectivity index (χ1) is 14.8. The van der Waals surface area contributed by atoms with E-state index >= 15 is 0 Å². The molecule has 1 atom stereocenters. The monoisotopic (exact) mass is 442 g/mol. The number of anilines is 2. The molecule has 8 heteroatoms. The average Bonchev–Trinajstić information content (AvgIpc) is 2.74. The molecule has 0 bridgehead atoms. The van der Waals surface area contributed by atoms with Gasteiger partial charge in [-0.15, -0.1) is 0 Å². The van der Waals surface area contributed by atoms with Gasteiger partial charge in [-0.05, 0) is 42.8 Å². The van der Waals surface area contributed by atoms with E-state index in [1.807, 2.05) is 18.2 Å². The number of rotatable bonds is 8. The SMILES string of the molecule is CCC(C(=O)Nc1ccccc1Oc1ccccc1)N(c1ccccc1F)S(C)(=O)=O. The normalized spacial score (nSPS) is 12.1. The number of amides is 1. The fraction of sp³-hybridized carbons (Fsp3) is 0.174. The summed E-state index contributed by atoms with van der Waals surface area (Å²) in [5, 5.41) is 2.73. The number of para-hydroxylation sites is 4. The number of hydrogen-bond acceptors (Lipinski definition) is 4. The molecule has 0 aromatic heterocycles. The molecule has 0 aliphatic carbocycles. The second-order valence-corrected chi connectivity index (χ2v) is 8.69. The largest absolute Gasteiger partial charge is 0.455 e. The van der Waals surface area contributed by atoms with E-state index in [4.69, 9.17) is 4.74 Å². The number of halogens is 1. The number of ether oxygens (including phenoxy) is 1. The Morgan fingerprint density at radius 3 is 2.26 bits per heavy atom. The van der Waals surface area contributed by atoms with Crippen LogP contribution in [0.2, 0.25) is 0 Å². The topological polar surface area (TPSA) is 75.7 Å². The lowest BCUT2D eigenvalue weighted by molar-refractivity contribution is -0.117. The Labute approximate surface area is 181 Å². The van der Waals surface area contributed by atoms with Gasteiger partial charge in [0.25, 0.3) is 0 Å². The maximum atomic E-state index is 14.4. The third kappa shape index (κ3) is 5.40. The first kappa shape index (κ1) is 22.3. The molecule has 0 heterocycles. The highest BCUT2D eigenvalue weighted by atomic mass is 32.2. The van der Waals surface area contributed by atoms with Crippen molar-refractivity contribution in [2.24, 2.45) is 0 Å². The Hall–Kier alpha value is -3.39. The van der Waals surface area contributed by atoms with E-state index in [0.717, 1.165) is 16.6 Å². The summed E-state index contributed by atoms with van der Waals surface area (Å²) in [5.74, 6) is -0.346. The van der Waals surface area contributed by atoms with Gasteiger partial charge in [-0.2, -0.15) is 0 Å².